The maximum absolute atomic E-state index is 5.07. The quantitative estimate of drug-likeness (QED) is 0.303. The molecule has 0 aliphatic heterocycles. The molecule has 0 atom stereocenters. The Morgan fingerprint density at radius 3 is 2.14 bits per heavy atom. The summed E-state index contributed by atoms with van der Waals surface area (Å²) in [6.45, 7) is 2.97. The molecule has 0 saturated carbocycles. The van der Waals surface area contributed by atoms with E-state index < -0.39 is 0 Å². The van der Waals surface area contributed by atoms with E-state index in [2.05, 4.69) is 31.8 Å². The maximum atomic E-state index is 5.07. The van der Waals surface area contributed by atoms with E-state index in [9.17, 15) is 0 Å². The molecule has 0 aliphatic rings. The fourth-order valence-corrected chi connectivity index (χ4v) is 1.39. The van der Waals surface area contributed by atoms with Gasteiger partial charge in [0.2, 0.25) is 4.38 Å². The van der Waals surface area contributed by atoms with Crippen LogP contribution in [0.5, 0.6) is 0 Å². The van der Waals surface area contributed by atoms with Crippen LogP contribution in [0.15, 0.2) is 0 Å². The summed E-state index contributed by atoms with van der Waals surface area (Å²) in [6.07, 6.45) is 9.10. The number of rotatable bonds is 8. The van der Waals surface area contributed by atoms with Crippen molar-refractivity contribution in [3.05, 3.63) is 0 Å². The molecule has 14 heavy (non-hydrogen) atoms. The first-order valence-corrected chi connectivity index (χ1v) is 5.98. The molecule has 0 aromatic heterocycles. The van der Waals surface area contributed by atoms with Crippen LogP contribution in [-0.4, -0.2) is 11.0 Å². The topological polar surface area (TPSA) is 9.23 Å². The van der Waals surface area contributed by atoms with Gasteiger partial charge in [0.1, 0.15) is 0 Å². The van der Waals surface area contributed by atoms with Gasteiger partial charge in [0.05, 0.1) is 6.61 Å². The van der Waals surface area contributed by atoms with Crippen LogP contribution in [-0.2, 0) is 4.74 Å². The number of hydrogen-bond donors (Lipinski definition) is 1. The summed E-state index contributed by atoms with van der Waals surface area (Å²) < 4.78 is 5.43. The van der Waals surface area contributed by atoms with Gasteiger partial charge in [-0.15, -0.1) is 0 Å². The van der Waals surface area contributed by atoms with Crippen molar-refractivity contribution in [3.8, 4) is 0 Å². The maximum Gasteiger partial charge on any atom is 1.00 e. The normalized spacial score (nSPS) is 9.29. The first-order chi connectivity index (χ1) is 6.27. The fourth-order valence-electron chi connectivity index (χ4n) is 1.22. The van der Waals surface area contributed by atoms with Crippen LogP contribution in [0.2, 0.25) is 0 Å². The van der Waals surface area contributed by atoms with E-state index in [1.54, 1.807) is 0 Å². The van der Waals surface area contributed by atoms with Crippen molar-refractivity contribution in [2.45, 2.75) is 51.9 Å². The summed E-state index contributed by atoms with van der Waals surface area (Å²) in [5.41, 5.74) is 0. The molecule has 0 aromatic carbocycles. The number of thiocarbonyl (C=S) groups is 1. The summed E-state index contributed by atoms with van der Waals surface area (Å²) in [7, 11) is 0. The van der Waals surface area contributed by atoms with Gasteiger partial charge in [-0.05, 0) is 18.6 Å². The molecule has 1 nitrogen and oxygen atoms in total. The minimum absolute atomic E-state index is 0. The van der Waals surface area contributed by atoms with Crippen molar-refractivity contribution in [1.29, 1.82) is 0 Å². The Kier molecular flexibility index (Phi) is 19.4. The molecule has 0 fully saturated rings. The van der Waals surface area contributed by atoms with Crippen molar-refractivity contribution >= 4 is 29.2 Å². The van der Waals surface area contributed by atoms with Gasteiger partial charge in [0.15, 0.2) is 0 Å². The SMILES string of the molecule is CCCCCCCCCOC(=S)S.[H-].[K+]. The Labute approximate surface area is 143 Å². The van der Waals surface area contributed by atoms with Crippen LogP contribution in [0.4, 0.5) is 0 Å². The predicted octanol–water partition coefficient (Wildman–Crippen LogP) is 1.08. The standard InChI is InChI=1S/C10H20OS2.K.H/c1-2-3-4-5-6-7-8-9-11-10(12)13;;/h2-9H2,1H3,(H,12,13);;/q;+1;-1. The summed E-state index contributed by atoms with van der Waals surface area (Å²) in [6, 6.07) is 0. The predicted molar refractivity (Wildman–Crippen MR) is 66.6 cm³/mol. The zero-order chi connectivity index (χ0) is 9.94. The number of thiol groups is 1. The molecule has 80 valence electrons. The van der Waals surface area contributed by atoms with Gasteiger partial charge in [-0.3, -0.25) is 0 Å². The van der Waals surface area contributed by atoms with Gasteiger partial charge in [-0.25, -0.2) is 0 Å². The molecule has 0 radical (unpaired) electrons. The largest absolute Gasteiger partial charge is 1.00 e. The molecule has 4 heteroatoms. The van der Waals surface area contributed by atoms with Crippen molar-refractivity contribution in [2.24, 2.45) is 0 Å². The van der Waals surface area contributed by atoms with E-state index in [4.69, 9.17) is 4.74 Å². The Morgan fingerprint density at radius 1 is 1.14 bits per heavy atom. The van der Waals surface area contributed by atoms with Crippen LogP contribution in [0.25, 0.3) is 0 Å². The van der Waals surface area contributed by atoms with E-state index in [-0.39, 0.29) is 52.8 Å². The smallest absolute Gasteiger partial charge is 1.00 e. The van der Waals surface area contributed by atoms with Gasteiger partial charge in [0.25, 0.3) is 0 Å². The summed E-state index contributed by atoms with van der Waals surface area (Å²) >= 11 is 8.55. The Bertz CT molecular complexity index is 137. The average molecular weight is 261 g/mol. The van der Waals surface area contributed by atoms with Gasteiger partial charge >= 0.3 is 51.4 Å². The molecule has 0 aliphatic carbocycles. The molecule has 0 unspecified atom stereocenters. The summed E-state index contributed by atoms with van der Waals surface area (Å²) in [5.74, 6) is 0. The third-order valence-electron chi connectivity index (χ3n) is 1.97. The summed E-state index contributed by atoms with van der Waals surface area (Å²) in [4.78, 5) is 0. The number of ether oxygens (including phenoxy) is 1. The molecule has 0 saturated heterocycles. The molecule has 0 rings (SSSR count). The first-order valence-electron chi connectivity index (χ1n) is 5.13. The first kappa shape index (κ1) is 18.2. The zero-order valence-corrected chi connectivity index (χ0v) is 14.3. The van der Waals surface area contributed by atoms with Crippen molar-refractivity contribution < 1.29 is 57.5 Å². The van der Waals surface area contributed by atoms with E-state index >= 15 is 0 Å². The second kappa shape index (κ2) is 14.9. The molecular weight excluding hydrogens is 239 g/mol. The van der Waals surface area contributed by atoms with Gasteiger partial charge < -0.3 is 6.16 Å². The molecule has 0 N–H and O–H groups in total. The Hall–Kier alpha value is 1.88. The van der Waals surface area contributed by atoms with E-state index in [1.165, 1.54) is 38.5 Å². The van der Waals surface area contributed by atoms with Gasteiger partial charge in [0, 0.05) is 0 Å². The molecular formula is C10H21KOS2. The van der Waals surface area contributed by atoms with Gasteiger partial charge in [-0.2, -0.15) is 0 Å². The van der Waals surface area contributed by atoms with E-state index in [1.807, 2.05) is 0 Å². The molecule has 0 bridgehead atoms. The second-order valence-corrected chi connectivity index (χ2v) is 4.32. The number of unbranched alkanes of at least 4 members (excludes halogenated alkanes) is 6. The van der Waals surface area contributed by atoms with Crippen molar-refractivity contribution in [3.63, 3.8) is 0 Å². The molecule has 0 spiro atoms. The molecule has 0 aromatic rings. The van der Waals surface area contributed by atoms with Crippen LogP contribution in [0.1, 0.15) is 53.3 Å². The van der Waals surface area contributed by atoms with Crippen LogP contribution < -0.4 is 51.4 Å². The van der Waals surface area contributed by atoms with Crippen molar-refractivity contribution in [1.82, 2.24) is 0 Å². The van der Waals surface area contributed by atoms with Crippen LogP contribution in [0, 0.1) is 0 Å². The molecule has 0 heterocycles. The fraction of sp³-hybridized carbons (Fsp3) is 0.900. The minimum Gasteiger partial charge on any atom is -1.00 e. The third-order valence-corrected chi connectivity index (χ3v) is 2.22. The van der Waals surface area contributed by atoms with Crippen LogP contribution in [0.3, 0.4) is 0 Å². The number of hydrogen-bond acceptors (Lipinski definition) is 2. The average Bonchev–Trinajstić information content (AvgIpc) is 2.09. The van der Waals surface area contributed by atoms with Gasteiger partial charge in [-0.1, -0.05) is 58.1 Å². The zero-order valence-electron chi connectivity index (χ0n) is 10.4. The van der Waals surface area contributed by atoms with Crippen molar-refractivity contribution in [2.75, 3.05) is 6.61 Å². The summed E-state index contributed by atoms with van der Waals surface area (Å²) in [5, 5.41) is 0. The Balaban J connectivity index is -0.000000720. The van der Waals surface area contributed by atoms with Crippen LogP contribution >= 0.6 is 24.8 Å². The van der Waals surface area contributed by atoms with E-state index in [0.717, 1.165) is 13.0 Å². The third kappa shape index (κ3) is 16.3. The minimum atomic E-state index is 0. The second-order valence-electron chi connectivity index (χ2n) is 3.24. The Morgan fingerprint density at radius 2 is 1.64 bits per heavy atom. The van der Waals surface area contributed by atoms with E-state index in [0.29, 0.717) is 4.38 Å². The molecule has 0 amide bonds. The monoisotopic (exact) mass is 260 g/mol.